The van der Waals surface area contributed by atoms with Gasteiger partial charge in [0.2, 0.25) is 5.91 Å². The zero-order valence-corrected chi connectivity index (χ0v) is 14.5. The van der Waals surface area contributed by atoms with E-state index in [1.54, 1.807) is 9.58 Å². The Labute approximate surface area is 149 Å². The lowest BCUT2D eigenvalue weighted by Gasteiger charge is -2.26. The van der Waals surface area contributed by atoms with Gasteiger partial charge in [0, 0.05) is 13.1 Å². The molecular formula is C18H19N5O3. The molecule has 26 heavy (non-hydrogen) atoms. The van der Waals surface area contributed by atoms with Gasteiger partial charge in [0.05, 0.1) is 25.1 Å². The van der Waals surface area contributed by atoms with Crippen LogP contribution in [0.4, 0.5) is 0 Å². The standard InChI is InChI=1S/C18H19N5O3/c1-13-4-2-3-5-15(13)23-17-14(10-20-23)18(25)22(12-19-17)11-16(24)21-6-8-26-9-7-21/h2-5,10,12H,6-9,11H2,1H3. The minimum Gasteiger partial charge on any atom is -0.378 e. The Bertz CT molecular complexity index is 1020. The van der Waals surface area contributed by atoms with Gasteiger partial charge in [0.1, 0.15) is 18.3 Å². The van der Waals surface area contributed by atoms with Gasteiger partial charge in [-0.05, 0) is 18.6 Å². The number of carbonyl (C=O) groups is 1. The molecule has 0 saturated carbocycles. The molecule has 1 aliphatic heterocycles. The molecule has 0 unspecified atom stereocenters. The molecule has 0 N–H and O–H groups in total. The number of nitrogens with zero attached hydrogens (tertiary/aromatic N) is 5. The lowest BCUT2D eigenvalue weighted by Crippen LogP contribution is -2.43. The number of fused-ring (bicyclic) bond motifs is 1. The maximum atomic E-state index is 12.8. The quantitative estimate of drug-likeness (QED) is 0.694. The van der Waals surface area contributed by atoms with Gasteiger partial charge in [-0.2, -0.15) is 5.10 Å². The summed E-state index contributed by atoms with van der Waals surface area (Å²) in [7, 11) is 0. The number of rotatable bonds is 3. The zero-order chi connectivity index (χ0) is 18.1. The van der Waals surface area contributed by atoms with Crippen LogP contribution in [0.1, 0.15) is 5.56 Å². The zero-order valence-electron chi connectivity index (χ0n) is 14.5. The van der Waals surface area contributed by atoms with Crippen LogP contribution >= 0.6 is 0 Å². The summed E-state index contributed by atoms with van der Waals surface area (Å²) in [6.45, 7) is 4.10. The van der Waals surface area contributed by atoms with E-state index in [4.69, 9.17) is 4.74 Å². The smallest absolute Gasteiger partial charge is 0.264 e. The Morgan fingerprint density at radius 3 is 2.77 bits per heavy atom. The summed E-state index contributed by atoms with van der Waals surface area (Å²) in [5, 5.41) is 4.72. The molecule has 4 rings (SSSR count). The molecule has 1 fully saturated rings. The first kappa shape index (κ1) is 16.5. The monoisotopic (exact) mass is 353 g/mol. The number of ether oxygens (including phenoxy) is 1. The van der Waals surface area contributed by atoms with Crippen LogP contribution in [0.5, 0.6) is 0 Å². The lowest BCUT2D eigenvalue weighted by molar-refractivity contribution is -0.135. The first-order valence-electron chi connectivity index (χ1n) is 8.50. The van der Waals surface area contributed by atoms with Crippen LogP contribution in [-0.4, -0.2) is 56.4 Å². The summed E-state index contributed by atoms with van der Waals surface area (Å²) < 4.78 is 8.24. The molecule has 1 saturated heterocycles. The number of aryl methyl sites for hydroxylation is 1. The highest BCUT2D eigenvalue weighted by molar-refractivity contribution is 5.78. The van der Waals surface area contributed by atoms with Crippen LogP contribution in [0.25, 0.3) is 16.7 Å². The van der Waals surface area contributed by atoms with Crippen molar-refractivity contribution in [3.8, 4) is 5.69 Å². The predicted molar refractivity (Wildman–Crippen MR) is 95.3 cm³/mol. The highest BCUT2D eigenvalue weighted by Crippen LogP contribution is 2.17. The molecule has 0 aliphatic carbocycles. The van der Waals surface area contributed by atoms with E-state index in [9.17, 15) is 9.59 Å². The van der Waals surface area contributed by atoms with E-state index in [0.29, 0.717) is 37.3 Å². The number of hydrogen-bond donors (Lipinski definition) is 0. The summed E-state index contributed by atoms with van der Waals surface area (Å²) >= 11 is 0. The normalized spacial score (nSPS) is 14.7. The molecule has 1 amide bonds. The Morgan fingerprint density at radius 1 is 1.23 bits per heavy atom. The van der Waals surface area contributed by atoms with Crippen LogP contribution in [-0.2, 0) is 16.1 Å². The van der Waals surface area contributed by atoms with Gasteiger partial charge >= 0.3 is 0 Å². The fourth-order valence-corrected chi connectivity index (χ4v) is 3.10. The summed E-state index contributed by atoms with van der Waals surface area (Å²) in [6, 6.07) is 7.77. The van der Waals surface area contributed by atoms with Crippen molar-refractivity contribution in [2.24, 2.45) is 0 Å². The van der Waals surface area contributed by atoms with Crippen LogP contribution in [0.3, 0.4) is 0 Å². The van der Waals surface area contributed by atoms with Crippen molar-refractivity contribution in [3.05, 3.63) is 52.7 Å². The summed E-state index contributed by atoms with van der Waals surface area (Å²) in [5.41, 5.74) is 2.12. The van der Waals surface area contributed by atoms with Crippen molar-refractivity contribution >= 4 is 16.9 Å². The first-order valence-corrected chi connectivity index (χ1v) is 8.50. The molecule has 2 aromatic heterocycles. The highest BCUT2D eigenvalue weighted by Gasteiger charge is 2.19. The molecule has 1 aliphatic rings. The molecule has 1 aromatic carbocycles. The van der Waals surface area contributed by atoms with Crippen molar-refractivity contribution in [1.82, 2.24) is 24.2 Å². The van der Waals surface area contributed by atoms with Crippen molar-refractivity contribution in [2.75, 3.05) is 26.3 Å². The van der Waals surface area contributed by atoms with Gasteiger partial charge in [0.15, 0.2) is 5.65 Å². The van der Waals surface area contributed by atoms with Crippen LogP contribution in [0, 0.1) is 6.92 Å². The second kappa shape index (κ2) is 6.72. The fourth-order valence-electron chi connectivity index (χ4n) is 3.10. The molecule has 8 heteroatoms. The maximum Gasteiger partial charge on any atom is 0.264 e. The highest BCUT2D eigenvalue weighted by atomic mass is 16.5. The van der Waals surface area contributed by atoms with Gasteiger partial charge in [-0.3, -0.25) is 14.2 Å². The number of carbonyl (C=O) groups excluding carboxylic acids is 1. The van der Waals surface area contributed by atoms with Crippen LogP contribution in [0.2, 0.25) is 0 Å². The van der Waals surface area contributed by atoms with Crippen molar-refractivity contribution in [2.45, 2.75) is 13.5 Å². The Hall–Kier alpha value is -3.00. The molecule has 8 nitrogen and oxygen atoms in total. The van der Waals surface area contributed by atoms with E-state index in [1.165, 1.54) is 17.1 Å². The SMILES string of the molecule is Cc1ccccc1-n1ncc2c(=O)n(CC(=O)N3CCOCC3)cnc21. The third-order valence-electron chi connectivity index (χ3n) is 4.57. The van der Waals surface area contributed by atoms with Crippen molar-refractivity contribution in [3.63, 3.8) is 0 Å². The summed E-state index contributed by atoms with van der Waals surface area (Å²) in [4.78, 5) is 31.2. The fraction of sp³-hybridized carbons (Fsp3) is 0.333. The number of para-hydroxylation sites is 1. The average Bonchev–Trinajstić information content (AvgIpc) is 3.10. The van der Waals surface area contributed by atoms with E-state index in [0.717, 1.165) is 11.3 Å². The van der Waals surface area contributed by atoms with Crippen LogP contribution in [0.15, 0.2) is 41.6 Å². The molecular weight excluding hydrogens is 334 g/mol. The van der Waals surface area contributed by atoms with Crippen molar-refractivity contribution in [1.29, 1.82) is 0 Å². The minimum absolute atomic E-state index is 0.0304. The van der Waals surface area contributed by atoms with Gasteiger partial charge in [-0.25, -0.2) is 9.67 Å². The van der Waals surface area contributed by atoms with Gasteiger partial charge < -0.3 is 9.64 Å². The van der Waals surface area contributed by atoms with Gasteiger partial charge in [-0.15, -0.1) is 0 Å². The third kappa shape index (κ3) is 2.88. The third-order valence-corrected chi connectivity index (χ3v) is 4.57. The van der Waals surface area contributed by atoms with Gasteiger partial charge in [-0.1, -0.05) is 18.2 Å². The predicted octanol–water partition coefficient (Wildman–Crippen LogP) is 0.749. The molecule has 3 aromatic rings. The molecule has 0 radical (unpaired) electrons. The maximum absolute atomic E-state index is 12.8. The second-order valence-electron chi connectivity index (χ2n) is 6.25. The Kier molecular flexibility index (Phi) is 4.26. The molecule has 0 spiro atoms. The average molecular weight is 353 g/mol. The number of benzene rings is 1. The van der Waals surface area contributed by atoms with Crippen molar-refractivity contribution < 1.29 is 9.53 Å². The number of amides is 1. The van der Waals surface area contributed by atoms with Gasteiger partial charge in [0.25, 0.3) is 5.56 Å². The molecule has 0 atom stereocenters. The van der Waals surface area contributed by atoms with E-state index in [-0.39, 0.29) is 18.0 Å². The minimum atomic E-state index is -0.267. The Morgan fingerprint density at radius 2 is 2.00 bits per heavy atom. The van der Waals surface area contributed by atoms with E-state index >= 15 is 0 Å². The molecule has 0 bridgehead atoms. The van der Waals surface area contributed by atoms with E-state index < -0.39 is 0 Å². The van der Waals surface area contributed by atoms with E-state index in [2.05, 4.69) is 10.1 Å². The number of aromatic nitrogens is 4. The Balaban J connectivity index is 1.67. The van der Waals surface area contributed by atoms with Crippen LogP contribution < -0.4 is 5.56 Å². The number of hydrogen-bond acceptors (Lipinski definition) is 5. The lowest BCUT2D eigenvalue weighted by atomic mass is 10.2. The largest absolute Gasteiger partial charge is 0.378 e. The summed E-state index contributed by atoms with van der Waals surface area (Å²) in [5.74, 6) is -0.108. The number of morpholine rings is 1. The first-order chi connectivity index (χ1) is 12.6. The topological polar surface area (TPSA) is 82.2 Å². The second-order valence-corrected chi connectivity index (χ2v) is 6.25. The summed E-state index contributed by atoms with van der Waals surface area (Å²) in [6.07, 6.45) is 2.92. The molecule has 134 valence electrons. The molecule has 3 heterocycles. The van der Waals surface area contributed by atoms with E-state index in [1.807, 2.05) is 31.2 Å².